The van der Waals surface area contributed by atoms with Crippen molar-refractivity contribution in [3.8, 4) is 0 Å². The lowest BCUT2D eigenvalue weighted by molar-refractivity contribution is -0.157. The summed E-state index contributed by atoms with van der Waals surface area (Å²) < 4.78 is 5.47. The number of fused-ring (bicyclic) bond motifs is 3. The lowest BCUT2D eigenvalue weighted by Gasteiger charge is -2.57. The van der Waals surface area contributed by atoms with Crippen molar-refractivity contribution in [1.29, 1.82) is 0 Å². The first kappa shape index (κ1) is 15.5. The molecule has 5 heteroatoms. The molecule has 1 saturated carbocycles. The number of nitrogens with zero attached hydrogens (tertiary/aromatic N) is 3. The smallest absolute Gasteiger partial charge is 0.0816 e. The lowest BCUT2D eigenvalue weighted by atomic mass is 9.70. The molecule has 1 N–H and O–H groups in total. The van der Waals surface area contributed by atoms with E-state index in [1.54, 1.807) is 0 Å². The molecule has 5 nitrogen and oxygen atoms in total. The van der Waals surface area contributed by atoms with Crippen LogP contribution in [0.5, 0.6) is 0 Å². The third-order valence-corrected chi connectivity index (χ3v) is 5.92. The van der Waals surface area contributed by atoms with E-state index in [9.17, 15) is 5.11 Å². The number of piperidine rings is 2. The molecule has 126 valence electrons. The molecular weight excluding hydrogens is 290 g/mol. The summed E-state index contributed by atoms with van der Waals surface area (Å²) in [6.45, 7) is 5.39. The molecule has 3 aliphatic heterocycles. The molecule has 1 aromatic rings. The number of hydrogen-bond donors (Lipinski definition) is 1. The highest BCUT2D eigenvalue weighted by atomic mass is 16.5. The van der Waals surface area contributed by atoms with Gasteiger partial charge in [0, 0.05) is 38.4 Å². The molecule has 4 aliphatic rings. The van der Waals surface area contributed by atoms with Gasteiger partial charge in [-0.2, -0.15) is 0 Å². The Morgan fingerprint density at radius 1 is 1.22 bits per heavy atom. The maximum absolute atomic E-state index is 11.2. The van der Waals surface area contributed by atoms with Gasteiger partial charge in [0.1, 0.15) is 0 Å². The van der Waals surface area contributed by atoms with Gasteiger partial charge in [-0.25, -0.2) is 0 Å². The monoisotopic (exact) mass is 317 g/mol. The van der Waals surface area contributed by atoms with Crippen LogP contribution in [0.15, 0.2) is 24.4 Å². The van der Waals surface area contributed by atoms with Crippen LogP contribution in [0.25, 0.3) is 0 Å². The van der Waals surface area contributed by atoms with Crippen LogP contribution in [0.4, 0.5) is 0 Å². The Morgan fingerprint density at radius 3 is 2.70 bits per heavy atom. The van der Waals surface area contributed by atoms with Crippen LogP contribution in [0.3, 0.4) is 0 Å². The highest BCUT2D eigenvalue weighted by molar-refractivity contribution is 5.10. The predicted octanol–water partition coefficient (Wildman–Crippen LogP) is 1.27. The molecular formula is C18H27N3O2. The van der Waals surface area contributed by atoms with Crippen molar-refractivity contribution in [2.75, 3.05) is 32.8 Å². The zero-order valence-corrected chi connectivity index (χ0v) is 13.7. The van der Waals surface area contributed by atoms with Crippen molar-refractivity contribution in [1.82, 2.24) is 14.8 Å². The number of hydrogen-bond acceptors (Lipinski definition) is 5. The highest BCUT2D eigenvalue weighted by Gasteiger charge is 2.51. The first-order valence-corrected chi connectivity index (χ1v) is 8.93. The van der Waals surface area contributed by atoms with Crippen LogP contribution in [-0.4, -0.2) is 70.4 Å². The average Bonchev–Trinajstić information content (AvgIpc) is 2.60. The molecule has 0 amide bonds. The molecule has 2 bridgehead atoms. The van der Waals surface area contributed by atoms with E-state index < -0.39 is 5.60 Å². The number of aliphatic hydroxyl groups is 1. The van der Waals surface area contributed by atoms with Gasteiger partial charge in [-0.3, -0.25) is 14.8 Å². The van der Waals surface area contributed by atoms with E-state index in [0.717, 1.165) is 70.8 Å². The first-order chi connectivity index (χ1) is 11.2. The normalized spacial score (nSPS) is 35.5. The third-order valence-electron chi connectivity index (χ3n) is 5.92. The second-order valence-corrected chi connectivity index (χ2v) is 7.26. The van der Waals surface area contributed by atoms with Crippen molar-refractivity contribution < 1.29 is 9.84 Å². The molecule has 1 atom stereocenters. The quantitative estimate of drug-likeness (QED) is 0.906. The molecule has 3 saturated heterocycles. The number of rotatable bonds is 4. The molecule has 1 aromatic heterocycles. The van der Waals surface area contributed by atoms with E-state index in [0.29, 0.717) is 6.04 Å². The number of pyridine rings is 1. The molecule has 0 spiro atoms. The fraction of sp³-hybridized carbons (Fsp3) is 0.722. The molecule has 0 aromatic carbocycles. The van der Waals surface area contributed by atoms with E-state index in [1.165, 1.54) is 0 Å². The lowest BCUT2D eigenvalue weighted by Crippen LogP contribution is -2.67. The molecule has 23 heavy (non-hydrogen) atoms. The third kappa shape index (κ3) is 3.15. The summed E-state index contributed by atoms with van der Waals surface area (Å²) in [5.41, 5.74) is 0.581. The van der Waals surface area contributed by atoms with Gasteiger partial charge in [-0.15, -0.1) is 0 Å². The minimum atomic E-state index is -0.526. The summed E-state index contributed by atoms with van der Waals surface area (Å²) >= 11 is 0. The molecule has 1 unspecified atom stereocenters. The van der Waals surface area contributed by atoms with Crippen LogP contribution in [0.2, 0.25) is 0 Å². The summed E-state index contributed by atoms with van der Waals surface area (Å²) in [5.74, 6) is 0. The Balaban J connectivity index is 1.53. The van der Waals surface area contributed by atoms with Gasteiger partial charge < -0.3 is 9.84 Å². The van der Waals surface area contributed by atoms with Crippen molar-refractivity contribution in [2.45, 2.75) is 49.9 Å². The maximum Gasteiger partial charge on any atom is 0.0816 e. The minimum Gasteiger partial charge on any atom is -0.388 e. The van der Waals surface area contributed by atoms with Crippen LogP contribution < -0.4 is 0 Å². The van der Waals surface area contributed by atoms with E-state index in [4.69, 9.17) is 4.74 Å². The van der Waals surface area contributed by atoms with E-state index in [1.807, 2.05) is 12.3 Å². The zero-order chi connectivity index (χ0) is 15.7. The summed E-state index contributed by atoms with van der Waals surface area (Å²) in [5, 5.41) is 11.2. The second-order valence-electron chi connectivity index (χ2n) is 7.26. The molecule has 0 radical (unpaired) electrons. The highest BCUT2D eigenvalue weighted by Crippen LogP contribution is 2.43. The molecule has 4 heterocycles. The Hall–Kier alpha value is -1.01. The van der Waals surface area contributed by atoms with Crippen molar-refractivity contribution in [2.24, 2.45) is 0 Å². The van der Waals surface area contributed by atoms with Crippen LogP contribution in [0.1, 0.15) is 31.4 Å². The SMILES string of the molecule is OC12CCC(CC1)N(Cc1ccccn1)C2CN1CCOCC1. The van der Waals surface area contributed by atoms with Gasteiger partial charge in [-0.05, 0) is 37.8 Å². The van der Waals surface area contributed by atoms with E-state index in [2.05, 4.69) is 26.9 Å². The van der Waals surface area contributed by atoms with Gasteiger partial charge in [0.2, 0.25) is 0 Å². The average molecular weight is 317 g/mol. The fourth-order valence-electron chi connectivity index (χ4n) is 4.55. The summed E-state index contributed by atoms with van der Waals surface area (Å²) in [6.07, 6.45) is 5.99. The summed E-state index contributed by atoms with van der Waals surface area (Å²) in [4.78, 5) is 9.49. The van der Waals surface area contributed by atoms with Gasteiger partial charge >= 0.3 is 0 Å². The van der Waals surface area contributed by atoms with Gasteiger partial charge in [0.25, 0.3) is 0 Å². The maximum atomic E-state index is 11.2. The van der Waals surface area contributed by atoms with E-state index >= 15 is 0 Å². The summed E-state index contributed by atoms with van der Waals surface area (Å²) in [6, 6.07) is 6.92. The molecule has 4 fully saturated rings. The van der Waals surface area contributed by atoms with E-state index in [-0.39, 0.29) is 6.04 Å². The summed E-state index contributed by atoms with van der Waals surface area (Å²) in [7, 11) is 0. The number of morpholine rings is 1. The van der Waals surface area contributed by atoms with Gasteiger partial charge in [0.15, 0.2) is 0 Å². The van der Waals surface area contributed by atoms with Gasteiger partial charge in [-0.1, -0.05) is 6.07 Å². The Labute approximate surface area is 138 Å². The largest absolute Gasteiger partial charge is 0.388 e. The predicted molar refractivity (Wildman–Crippen MR) is 88.0 cm³/mol. The second kappa shape index (κ2) is 6.48. The minimum absolute atomic E-state index is 0.218. The van der Waals surface area contributed by atoms with Crippen molar-refractivity contribution >= 4 is 0 Å². The Bertz CT molecular complexity index is 510. The molecule has 5 rings (SSSR count). The zero-order valence-electron chi connectivity index (χ0n) is 13.7. The number of ether oxygens (including phenoxy) is 1. The molecule has 1 aliphatic carbocycles. The Kier molecular flexibility index (Phi) is 4.37. The van der Waals surface area contributed by atoms with Gasteiger partial charge in [0.05, 0.1) is 30.6 Å². The first-order valence-electron chi connectivity index (χ1n) is 8.93. The fourth-order valence-corrected chi connectivity index (χ4v) is 4.55. The van der Waals surface area contributed by atoms with Crippen molar-refractivity contribution in [3.05, 3.63) is 30.1 Å². The topological polar surface area (TPSA) is 48.8 Å². The Morgan fingerprint density at radius 2 is 2.00 bits per heavy atom. The van der Waals surface area contributed by atoms with Crippen LogP contribution in [-0.2, 0) is 11.3 Å². The van der Waals surface area contributed by atoms with Crippen LogP contribution >= 0.6 is 0 Å². The van der Waals surface area contributed by atoms with Crippen molar-refractivity contribution in [3.63, 3.8) is 0 Å². The number of aromatic nitrogens is 1. The standard InChI is InChI=1S/C18H27N3O2/c22-18-6-4-16(5-7-18)21(13-15-3-1-2-8-19-15)17(18)14-20-9-11-23-12-10-20/h1-3,8,16-17,22H,4-7,9-14H2. The van der Waals surface area contributed by atoms with Crippen LogP contribution in [0, 0.1) is 0 Å².